The zero-order chi connectivity index (χ0) is 36.0. The van der Waals surface area contributed by atoms with Gasteiger partial charge in [-0.3, -0.25) is 9.59 Å². The second-order valence-corrected chi connectivity index (χ2v) is 12.2. The first-order valence-corrected chi connectivity index (χ1v) is 16.8. The number of hydrogen-bond acceptors (Lipinski definition) is 5. The Labute approximate surface area is 291 Å². The number of benzene rings is 4. The standard InChI is InChI=1S/C40H44F2N3O5/c1-7-43(31-18-29(41)17-30(42)19-31)40(47)37-24-44(32-20-34(48-5)22-35(21-32)49-6)38-23-33(15-16-36(38)39(37)46)50-26-28-13-11-27(12-14-28)25-45(8-2,9-3)10-4/h11-24H,7-10,25-26H2,1-6H3/q+1. The van der Waals surface area contributed by atoms with Gasteiger partial charge in [0.25, 0.3) is 5.91 Å². The van der Waals surface area contributed by atoms with Crippen molar-refractivity contribution >= 4 is 22.5 Å². The lowest BCUT2D eigenvalue weighted by Crippen LogP contribution is -2.46. The van der Waals surface area contributed by atoms with E-state index < -0.39 is 23.0 Å². The number of halogens is 2. The van der Waals surface area contributed by atoms with Gasteiger partial charge in [0.15, 0.2) is 0 Å². The molecular weight excluding hydrogens is 640 g/mol. The van der Waals surface area contributed by atoms with Crippen molar-refractivity contribution < 1.29 is 32.3 Å². The van der Waals surface area contributed by atoms with E-state index in [9.17, 15) is 18.4 Å². The van der Waals surface area contributed by atoms with Gasteiger partial charge in [-0.15, -0.1) is 0 Å². The van der Waals surface area contributed by atoms with E-state index >= 15 is 0 Å². The molecule has 0 N–H and O–H groups in total. The van der Waals surface area contributed by atoms with Crippen LogP contribution < -0.4 is 24.5 Å². The summed E-state index contributed by atoms with van der Waals surface area (Å²) in [6, 6.07) is 21.6. The summed E-state index contributed by atoms with van der Waals surface area (Å²) in [6.07, 6.45) is 1.43. The Hall–Kier alpha value is -5.22. The van der Waals surface area contributed by atoms with Gasteiger partial charge in [-0.1, -0.05) is 24.3 Å². The molecule has 8 nitrogen and oxygen atoms in total. The molecule has 0 spiro atoms. The van der Waals surface area contributed by atoms with Crippen LogP contribution in [0.2, 0.25) is 0 Å². The molecule has 0 aliphatic carbocycles. The molecule has 1 amide bonds. The lowest BCUT2D eigenvalue weighted by atomic mass is 10.1. The molecule has 0 saturated heterocycles. The molecule has 10 heteroatoms. The number of nitrogens with zero attached hydrogens (tertiary/aromatic N) is 3. The van der Waals surface area contributed by atoms with Crippen molar-refractivity contribution in [2.75, 3.05) is 45.3 Å². The molecule has 0 atom stereocenters. The smallest absolute Gasteiger partial charge is 0.263 e. The predicted molar refractivity (Wildman–Crippen MR) is 193 cm³/mol. The third kappa shape index (κ3) is 7.65. The zero-order valence-corrected chi connectivity index (χ0v) is 29.5. The second kappa shape index (κ2) is 15.6. The summed E-state index contributed by atoms with van der Waals surface area (Å²) in [4.78, 5) is 29.1. The highest BCUT2D eigenvalue weighted by atomic mass is 19.1. The van der Waals surface area contributed by atoms with Crippen LogP contribution in [-0.4, -0.2) is 55.4 Å². The average Bonchev–Trinajstić information content (AvgIpc) is 3.13. The molecule has 1 heterocycles. The molecule has 0 fully saturated rings. The maximum absolute atomic E-state index is 14.2. The highest BCUT2D eigenvalue weighted by Crippen LogP contribution is 2.30. The largest absolute Gasteiger partial charge is 0.497 e. The molecule has 0 radical (unpaired) electrons. The van der Waals surface area contributed by atoms with Gasteiger partial charge in [0.1, 0.15) is 47.6 Å². The Morgan fingerprint density at radius 3 is 1.92 bits per heavy atom. The fourth-order valence-corrected chi connectivity index (χ4v) is 6.28. The van der Waals surface area contributed by atoms with Crippen LogP contribution >= 0.6 is 0 Å². The Morgan fingerprint density at radius 1 is 0.760 bits per heavy atom. The predicted octanol–water partition coefficient (Wildman–Crippen LogP) is 7.91. The second-order valence-electron chi connectivity index (χ2n) is 12.2. The molecule has 0 unspecified atom stereocenters. The number of carbonyl (C=O) groups excluding carboxylic acids is 1. The number of hydrogen-bond donors (Lipinski definition) is 0. The third-order valence-electron chi connectivity index (χ3n) is 9.50. The lowest BCUT2D eigenvalue weighted by molar-refractivity contribution is -0.936. The van der Waals surface area contributed by atoms with Crippen LogP contribution in [0.4, 0.5) is 14.5 Å². The summed E-state index contributed by atoms with van der Waals surface area (Å²) in [7, 11) is 3.05. The normalized spacial score (nSPS) is 11.4. The number of pyridine rings is 1. The van der Waals surface area contributed by atoms with Crippen LogP contribution in [0.3, 0.4) is 0 Å². The van der Waals surface area contributed by atoms with Gasteiger partial charge in [-0.05, 0) is 57.5 Å². The van der Waals surface area contributed by atoms with Gasteiger partial charge in [0.05, 0.1) is 45.1 Å². The van der Waals surface area contributed by atoms with Crippen LogP contribution in [-0.2, 0) is 13.2 Å². The van der Waals surface area contributed by atoms with Gasteiger partial charge in [-0.2, -0.15) is 0 Å². The van der Waals surface area contributed by atoms with E-state index in [1.54, 1.807) is 47.9 Å². The summed E-state index contributed by atoms with van der Waals surface area (Å²) in [5.41, 5.74) is 2.58. The fourth-order valence-electron chi connectivity index (χ4n) is 6.28. The van der Waals surface area contributed by atoms with Gasteiger partial charge < -0.3 is 28.2 Å². The number of quaternary nitrogens is 1. The third-order valence-corrected chi connectivity index (χ3v) is 9.50. The van der Waals surface area contributed by atoms with Crippen LogP contribution in [0.25, 0.3) is 16.6 Å². The molecule has 5 aromatic rings. The first kappa shape index (κ1) is 36.1. The van der Waals surface area contributed by atoms with E-state index in [4.69, 9.17) is 14.2 Å². The average molecular weight is 685 g/mol. The quantitative estimate of drug-likeness (QED) is 0.111. The Morgan fingerprint density at radius 2 is 1.36 bits per heavy atom. The van der Waals surface area contributed by atoms with Crippen molar-refractivity contribution in [3.63, 3.8) is 0 Å². The summed E-state index contributed by atoms with van der Waals surface area (Å²) in [5, 5.41) is 0.250. The van der Waals surface area contributed by atoms with E-state index in [2.05, 4.69) is 45.0 Å². The van der Waals surface area contributed by atoms with E-state index in [0.717, 1.165) is 54.4 Å². The first-order valence-electron chi connectivity index (χ1n) is 16.8. The maximum atomic E-state index is 14.2. The first-order chi connectivity index (χ1) is 24.1. The van der Waals surface area contributed by atoms with Crippen LogP contribution in [0.15, 0.2) is 89.9 Å². The molecule has 4 aromatic carbocycles. The van der Waals surface area contributed by atoms with Crippen LogP contribution in [0, 0.1) is 11.6 Å². The minimum Gasteiger partial charge on any atom is -0.497 e. The van der Waals surface area contributed by atoms with Gasteiger partial charge in [0.2, 0.25) is 5.43 Å². The molecule has 262 valence electrons. The van der Waals surface area contributed by atoms with E-state index in [0.29, 0.717) is 35.1 Å². The molecule has 0 aliphatic rings. The Kier molecular flexibility index (Phi) is 11.2. The van der Waals surface area contributed by atoms with E-state index in [1.807, 2.05) is 0 Å². The van der Waals surface area contributed by atoms with Crippen molar-refractivity contribution in [1.29, 1.82) is 0 Å². The van der Waals surface area contributed by atoms with E-state index in [1.165, 1.54) is 30.9 Å². The molecule has 1 aromatic heterocycles. The Balaban J connectivity index is 1.55. The molecule has 0 aliphatic heterocycles. The minimum atomic E-state index is -0.833. The Bertz CT molecular complexity index is 1990. The topological polar surface area (TPSA) is 70.0 Å². The van der Waals surface area contributed by atoms with Gasteiger partial charge in [-0.25, -0.2) is 8.78 Å². The highest BCUT2D eigenvalue weighted by Gasteiger charge is 2.24. The molecule has 0 saturated carbocycles. The molecule has 5 rings (SSSR count). The fraction of sp³-hybridized carbons (Fsp3) is 0.300. The van der Waals surface area contributed by atoms with Crippen LogP contribution in [0.1, 0.15) is 49.2 Å². The molecular formula is C40H44F2N3O5+. The van der Waals surface area contributed by atoms with Crippen molar-refractivity contribution in [2.45, 2.75) is 40.8 Å². The number of methoxy groups -OCH3 is 2. The maximum Gasteiger partial charge on any atom is 0.263 e. The van der Waals surface area contributed by atoms with Crippen molar-refractivity contribution in [3.8, 4) is 22.9 Å². The van der Waals surface area contributed by atoms with Crippen molar-refractivity contribution in [1.82, 2.24) is 4.57 Å². The zero-order valence-electron chi connectivity index (χ0n) is 29.5. The SMILES string of the molecule is CCN(C(=O)c1cn(-c2cc(OC)cc(OC)c2)c2cc(OCc3ccc(C[N+](CC)(CC)CC)cc3)ccc2c1=O)c1cc(F)cc(F)c1. The molecule has 0 bridgehead atoms. The number of ether oxygens (including phenoxy) is 3. The highest BCUT2D eigenvalue weighted by molar-refractivity contribution is 6.07. The summed E-state index contributed by atoms with van der Waals surface area (Å²) >= 11 is 0. The lowest BCUT2D eigenvalue weighted by Gasteiger charge is -2.35. The molecule has 50 heavy (non-hydrogen) atoms. The number of aromatic nitrogens is 1. The van der Waals surface area contributed by atoms with Gasteiger partial charge in [0, 0.05) is 59.7 Å². The van der Waals surface area contributed by atoms with Gasteiger partial charge >= 0.3 is 0 Å². The van der Waals surface area contributed by atoms with E-state index in [-0.39, 0.29) is 23.2 Å². The van der Waals surface area contributed by atoms with Crippen molar-refractivity contribution in [2.24, 2.45) is 0 Å². The minimum absolute atomic E-state index is 0.000331. The summed E-state index contributed by atoms with van der Waals surface area (Å²) < 4.78 is 48.3. The number of anilines is 1. The number of amides is 1. The number of rotatable bonds is 14. The summed E-state index contributed by atoms with van der Waals surface area (Å²) in [6.45, 7) is 12.9. The number of fused-ring (bicyclic) bond motifs is 1. The summed E-state index contributed by atoms with van der Waals surface area (Å²) in [5.74, 6) is -0.862. The monoisotopic (exact) mass is 684 g/mol. The number of carbonyl (C=O) groups is 1. The van der Waals surface area contributed by atoms with Crippen LogP contribution in [0.5, 0.6) is 17.2 Å². The van der Waals surface area contributed by atoms with Crippen molar-refractivity contribution in [3.05, 3.63) is 124 Å².